The summed E-state index contributed by atoms with van der Waals surface area (Å²) < 4.78 is 0. The number of nitrogens with one attached hydrogen (secondary N) is 1. The topological polar surface area (TPSA) is 29.1 Å². The van der Waals surface area contributed by atoms with Gasteiger partial charge in [0.05, 0.1) is 0 Å². The molecule has 0 aliphatic heterocycles. The second-order valence-corrected chi connectivity index (χ2v) is 3.14. The molecule has 0 aliphatic carbocycles. The van der Waals surface area contributed by atoms with E-state index in [9.17, 15) is 4.79 Å². The molecule has 0 aliphatic rings. The Morgan fingerprint density at radius 3 is 2.57 bits per heavy atom. The molecule has 14 heavy (non-hydrogen) atoms. The van der Waals surface area contributed by atoms with E-state index in [0.29, 0.717) is 6.54 Å². The summed E-state index contributed by atoms with van der Waals surface area (Å²) in [5.41, 5.74) is 1.87. The van der Waals surface area contributed by atoms with Crippen LogP contribution in [0.5, 0.6) is 0 Å². The average molecular weight is 189 g/mol. The van der Waals surface area contributed by atoms with Gasteiger partial charge < -0.3 is 5.32 Å². The Kier molecular flexibility index (Phi) is 3.92. The quantitative estimate of drug-likeness (QED) is 0.726. The van der Waals surface area contributed by atoms with Gasteiger partial charge in [0.15, 0.2) is 0 Å². The number of amides is 1. The van der Waals surface area contributed by atoms with E-state index in [0.717, 1.165) is 11.1 Å². The molecule has 0 atom stereocenters. The molecule has 2 nitrogen and oxygen atoms in total. The van der Waals surface area contributed by atoms with E-state index < -0.39 is 0 Å². The molecule has 0 fully saturated rings. The average Bonchev–Trinajstić information content (AvgIpc) is 2.26. The first-order chi connectivity index (χ1) is 6.74. The molecule has 0 saturated carbocycles. The Balaban J connectivity index is 2.46. The van der Waals surface area contributed by atoms with E-state index >= 15 is 0 Å². The Morgan fingerprint density at radius 1 is 1.36 bits per heavy atom. The minimum atomic E-state index is -0.00338. The standard InChI is InChI=1S/C12H15NO/c1-3-10(2)12(14)13-9-11-7-5-4-6-8-11/h3-8H,9H2,1-2H3,(H,13,14)/b10-3+. The molecule has 0 unspecified atom stereocenters. The fraction of sp³-hybridized carbons (Fsp3) is 0.250. The van der Waals surface area contributed by atoms with E-state index in [1.54, 1.807) is 13.0 Å². The number of hydrogen-bond donors (Lipinski definition) is 1. The SMILES string of the molecule is C/C=C(\C)C(=O)NCc1ccccc1. The summed E-state index contributed by atoms with van der Waals surface area (Å²) in [6, 6.07) is 9.87. The smallest absolute Gasteiger partial charge is 0.246 e. The van der Waals surface area contributed by atoms with Gasteiger partial charge in [0.1, 0.15) is 0 Å². The number of rotatable bonds is 3. The highest BCUT2D eigenvalue weighted by atomic mass is 16.1. The van der Waals surface area contributed by atoms with E-state index in [1.165, 1.54) is 0 Å². The zero-order valence-electron chi connectivity index (χ0n) is 8.58. The maximum absolute atomic E-state index is 11.4. The third kappa shape index (κ3) is 3.05. The lowest BCUT2D eigenvalue weighted by molar-refractivity contribution is -0.117. The summed E-state index contributed by atoms with van der Waals surface area (Å²) in [5, 5.41) is 2.84. The third-order valence-electron chi connectivity index (χ3n) is 2.09. The van der Waals surface area contributed by atoms with Crippen molar-refractivity contribution in [1.82, 2.24) is 5.32 Å². The Bertz CT molecular complexity index is 327. The van der Waals surface area contributed by atoms with Gasteiger partial charge >= 0.3 is 0 Å². The molecule has 0 saturated heterocycles. The van der Waals surface area contributed by atoms with E-state index in [2.05, 4.69) is 5.32 Å². The Hall–Kier alpha value is -1.57. The predicted molar refractivity (Wildman–Crippen MR) is 57.7 cm³/mol. The van der Waals surface area contributed by atoms with Gasteiger partial charge in [-0.1, -0.05) is 36.4 Å². The highest BCUT2D eigenvalue weighted by molar-refractivity contribution is 5.92. The van der Waals surface area contributed by atoms with Gasteiger partial charge in [0.25, 0.3) is 0 Å². The van der Waals surface area contributed by atoms with Crippen LogP contribution < -0.4 is 5.32 Å². The van der Waals surface area contributed by atoms with Gasteiger partial charge in [-0.05, 0) is 19.4 Å². The van der Waals surface area contributed by atoms with Crippen molar-refractivity contribution in [2.45, 2.75) is 20.4 Å². The van der Waals surface area contributed by atoms with E-state index in [4.69, 9.17) is 0 Å². The first kappa shape index (κ1) is 10.5. The van der Waals surface area contributed by atoms with Crippen LogP contribution in [0.3, 0.4) is 0 Å². The molecule has 0 spiro atoms. The van der Waals surface area contributed by atoms with Crippen LogP contribution in [0.1, 0.15) is 19.4 Å². The zero-order valence-corrected chi connectivity index (χ0v) is 8.58. The number of carbonyl (C=O) groups is 1. The molecule has 74 valence electrons. The maximum Gasteiger partial charge on any atom is 0.246 e. The highest BCUT2D eigenvalue weighted by Crippen LogP contribution is 1.98. The van der Waals surface area contributed by atoms with Crippen LogP contribution in [-0.2, 0) is 11.3 Å². The van der Waals surface area contributed by atoms with E-state index in [1.807, 2.05) is 37.3 Å². The van der Waals surface area contributed by atoms with Crippen LogP contribution in [0.25, 0.3) is 0 Å². The van der Waals surface area contributed by atoms with Crippen molar-refractivity contribution in [3.05, 3.63) is 47.5 Å². The lowest BCUT2D eigenvalue weighted by Gasteiger charge is -2.04. The van der Waals surface area contributed by atoms with Crippen molar-refractivity contribution in [3.63, 3.8) is 0 Å². The fourth-order valence-electron chi connectivity index (χ4n) is 1.05. The summed E-state index contributed by atoms with van der Waals surface area (Å²) in [4.78, 5) is 11.4. The summed E-state index contributed by atoms with van der Waals surface area (Å²) in [6.45, 7) is 4.25. The van der Waals surface area contributed by atoms with Crippen molar-refractivity contribution < 1.29 is 4.79 Å². The molecular formula is C12H15NO. The molecule has 0 aromatic heterocycles. The van der Waals surface area contributed by atoms with Crippen molar-refractivity contribution in [2.24, 2.45) is 0 Å². The van der Waals surface area contributed by atoms with Crippen molar-refractivity contribution >= 4 is 5.91 Å². The maximum atomic E-state index is 11.4. The third-order valence-corrected chi connectivity index (χ3v) is 2.09. The molecule has 2 heteroatoms. The van der Waals surface area contributed by atoms with Crippen LogP contribution in [0, 0.1) is 0 Å². The molecule has 1 aromatic carbocycles. The zero-order chi connectivity index (χ0) is 10.4. The lowest BCUT2D eigenvalue weighted by atomic mass is 10.2. The second-order valence-electron chi connectivity index (χ2n) is 3.14. The molecular weight excluding hydrogens is 174 g/mol. The van der Waals surface area contributed by atoms with Gasteiger partial charge in [-0.3, -0.25) is 4.79 Å². The van der Waals surface area contributed by atoms with Gasteiger partial charge in [-0.25, -0.2) is 0 Å². The van der Waals surface area contributed by atoms with Gasteiger partial charge in [0.2, 0.25) is 5.91 Å². The molecule has 0 bridgehead atoms. The van der Waals surface area contributed by atoms with Crippen LogP contribution in [-0.4, -0.2) is 5.91 Å². The van der Waals surface area contributed by atoms with Gasteiger partial charge in [0, 0.05) is 12.1 Å². The molecule has 0 radical (unpaired) electrons. The van der Waals surface area contributed by atoms with Crippen molar-refractivity contribution in [2.75, 3.05) is 0 Å². The van der Waals surface area contributed by atoms with Gasteiger partial charge in [-0.2, -0.15) is 0 Å². The van der Waals surface area contributed by atoms with Gasteiger partial charge in [-0.15, -0.1) is 0 Å². The first-order valence-electron chi connectivity index (χ1n) is 4.69. The van der Waals surface area contributed by atoms with Crippen LogP contribution in [0.2, 0.25) is 0 Å². The number of hydrogen-bond acceptors (Lipinski definition) is 1. The number of carbonyl (C=O) groups excluding carboxylic acids is 1. The Labute approximate surface area is 84.6 Å². The fourth-order valence-corrected chi connectivity index (χ4v) is 1.05. The molecule has 1 aromatic rings. The van der Waals surface area contributed by atoms with Crippen LogP contribution in [0.15, 0.2) is 42.0 Å². The largest absolute Gasteiger partial charge is 0.348 e. The minimum absolute atomic E-state index is 0.00338. The van der Waals surface area contributed by atoms with Crippen LogP contribution in [0.4, 0.5) is 0 Å². The summed E-state index contributed by atoms with van der Waals surface area (Å²) in [5.74, 6) is -0.00338. The molecule has 1 rings (SSSR count). The molecule has 1 amide bonds. The summed E-state index contributed by atoms with van der Waals surface area (Å²) in [7, 11) is 0. The minimum Gasteiger partial charge on any atom is -0.348 e. The molecule has 1 N–H and O–H groups in total. The highest BCUT2D eigenvalue weighted by Gasteiger charge is 2.01. The summed E-state index contributed by atoms with van der Waals surface area (Å²) in [6.07, 6.45) is 1.81. The molecule has 0 heterocycles. The normalized spacial score (nSPS) is 11.1. The first-order valence-corrected chi connectivity index (χ1v) is 4.69. The monoisotopic (exact) mass is 189 g/mol. The summed E-state index contributed by atoms with van der Waals surface area (Å²) >= 11 is 0. The number of allylic oxidation sites excluding steroid dienone is 1. The lowest BCUT2D eigenvalue weighted by Crippen LogP contribution is -2.23. The van der Waals surface area contributed by atoms with Crippen LogP contribution >= 0.6 is 0 Å². The predicted octanol–water partition coefficient (Wildman–Crippen LogP) is 2.27. The Morgan fingerprint density at radius 2 is 2.00 bits per heavy atom. The number of benzene rings is 1. The van der Waals surface area contributed by atoms with E-state index in [-0.39, 0.29) is 5.91 Å². The van der Waals surface area contributed by atoms with Crippen molar-refractivity contribution in [1.29, 1.82) is 0 Å². The van der Waals surface area contributed by atoms with Crippen molar-refractivity contribution in [3.8, 4) is 0 Å². The second kappa shape index (κ2) is 5.22.